The van der Waals surface area contributed by atoms with Gasteiger partial charge in [0.1, 0.15) is 13.2 Å². The van der Waals surface area contributed by atoms with Crippen molar-refractivity contribution in [2.75, 3.05) is 13.2 Å². The molecule has 1 atom stereocenters. The van der Waals surface area contributed by atoms with Gasteiger partial charge in [-0.1, -0.05) is 287 Å². The van der Waals surface area contributed by atoms with Gasteiger partial charge in [-0.2, -0.15) is 0 Å². The van der Waals surface area contributed by atoms with Crippen LogP contribution in [-0.4, -0.2) is 37.2 Å². The second-order valence-electron chi connectivity index (χ2n) is 22.4. The van der Waals surface area contributed by atoms with E-state index in [1.54, 1.807) is 0 Å². The van der Waals surface area contributed by atoms with Gasteiger partial charge in [-0.05, 0) is 103 Å². The summed E-state index contributed by atoms with van der Waals surface area (Å²) in [4.78, 5) is 38.2. The largest absolute Gasteiger partial charge is 0.462 e. The zero-order valence-corrected chi connectivity index (χ0v) is 50.8. The molecule has 1 unspecified atom stereocenters. The zero-order valence-electron chi connectivity index (χ0n) is 50.8. The number of rotatable bonds is 61. The highest BCUT2D eigenvalue weighted by Crippen LogP contribution is 2.17. The van der Waals surface area contributed by atoms with Gasteiger partial charge in [0.15, 0.2) is 6.10 Å². The van der Waals surface area contributed by atoms with Crippen LogP contribution in [0.3, 0.4) is 0 Å². The number of unbranched alkanes of at least 4 members (excludes halogenated alkanes) is 40. The molecule has 0 rings (SSSR count). The number of carbonyl (C=O) groups is 3. The highest BCUT2D eigenvalue weighted by atomic mass is 16.6. The SMILES string of the molecule is CCCC/C=C\CCCCCCCC(=O)OCC(COC(=O)CCCCCCCCCCCCCCCCCCCCC/C=C\C/C=C\CCCCCCC)OC(=O)CCCCCCC/C=C\C/C=C\CCCCCC. The summed E-state index contributed by atoms with van der Waals surface area (Å²) < 4.78 is 16.9. The lowest BCUT2D eigenvalue weighted by Crippen LogP contribution is -2.30. The van der Waals surface area contributed by atoms with Gasteiger partial charge in [0, 0.05) is 19.3 Å². The van der Waals surface area contributed by atoms with E-state index >= 15 is 0 Å². The predicted octanol–water partition coefficient (Wildman–Crippen LogP) is 22.7. The monoisotopic (exact) mass is 1060 g/mol. The summed E-state index contributed by atoms with van der Waals surface area (Å²) >= 11 is 0. The second-order valence-corrected chi connectivity index (χ2v) is 22.4. The number of allylic oxidation sites excluding steroid dienone is 10. The molecular formula is C70H126O6. The lowest BCUT2D eigenvalue weighted by atomic mass is 10.0. The van der Waals surface area contributed by atoms with Crippen molar-refractivity contribution in [1.29, 1.82) is 0 Å². The van der Waals surface area contributed by atoms with Crippen molar-refractivity contribution in [3.05, 3.63) is 60.8 Å². The van der Waals surface area contributed by atoms with Crippen LogP contribution in [0.2, 0.25) is 0 Å². The third-order valence-corrected chi connectivity index (χ3v) is 14.7. The first-order valence-corrected chi connectivity index (χ1v) is 33.3. The minimum atomic E-state index is -0.783. The summed E-state index contributed by atoms with van der Waals surface area (Å²) in [5, 5.41) is 0. The average Bonchev–Trinajstić information content (AvgIpc) is 3.42. The van der Waals surface area contributed by atoms with Crippen LogP contribution in [0.4, 0.5) is 0 Å². The molecule has 0 fully saturated rings. The van der Waals surface area contributed by atoms with E-state index < -0.39 is 6.10 Å². The number of carbonyl (C=O) groups excluding carboxylic acids is 3. The molecule has 0 aliphatic heterocycles. The smallest absolute Gasteiger partial charge is 0.306 e. The number of ether oxygens (including phenoxy) is 3. The van der Waals surface area contributed by atoms with Crippen molar-refractivity contribution in [3.8, 4) is 0 Å². The van der Waals surface area contributed by atoms with Crippen molar-refractivity contribution in [2.24, 2.45) is 0 Å². The molecule has 0 saturated carbocycles. The third-order valence-electron chi connectivity index (χ3n) is 14.7. The molecule has 0 spiro atoms. The van der Waals surface area contributed by atoms with Crippen molar-refractivity contribution < 1.29 is 28.6 Å². The van der Waals surface area contributed by atoms with E-state index in [1.165, 1.54) is 212 Å². The molecule has 0 aromatic rings. The van der Waals surface area contributed by atoms with E-state index in [2.05, 4.69) is 81.5 Å². The van der Waals surface area contributed by atoms with Crippen molar-refractivity contribution in [1.82, 2.24) is 0 Å². The zero-order chi connectivity index (χ0) is 55.0. The average molecular weight is 1060 g/mol. The Balaban J connectivity index is 4.13. The molecule has 0 amide bonds. The van der Waals surface area contributed by atoms with Crippen LogP contribution in [0.1, 0.15) is 348 Å². The maximum atomic E-state index is 12.9. The number of hydrogen-bond acceptors (Lipinski definition) is 6. The quantitative estimate of drug-likeness (QED) is 0.0261. The lowest BCUT2D eigenvalue weighted by molar-refractivity contribution is -0.167. The van der Waals surface area contributed by atoms with Gasteiger partial charge in [0.2, 0.25) is 0 Å². The second kappa shape index (κ2) is 64.6. The summed E-state index contributed by atoms with van der Waals surface area (Å²) in [7, 11) is 0. The molecule has 0 saturated heterocycles. The fraction of sp³-hybridized carbons (Fsp3) is 0.814. The molecular weight excluding hydrogens is 937 g/mol. The van der Waals surface area contributed by atoms with Crippen LogP contribution in [0.15, 0.2) is 60.8 Å². The van der Waals surface area contributed by atoms with Crippen LogP contribution in [0.5, 0.6) is 0 Å². The van der Waals surface area contributed by atoms with Crippen molar-refractivity contribution in [3.63, 3.8) is 0 Å². The van der Waals surface area contributed by atoms with Crippen LogP contribution in [0, 0.1) is 0 Å². The molecule has 0 aliphatic rings. The fourth-order valence-corrected chi connectivity index (χ4v) is 9.66. The molecule has 0 aliphatic carbocycles. The molecule has 0 N–H and O–H groups in total. The van der Waals surface area contributed by atoms with E-state index in [0.717, 1.165) is 96.3 Å². The Bertz CT molecular complexity index is 1360. The first-order chi connectivity index (χ1) is 37.5. The molecule has 6 heteroatoms. The lowest BCUT2D eigenvalue weighted by Gasteiger charge is -2.18. The molecule has 442 valence electrons. The van der Waals surface area contributed by atoms with Gasteiger partial charge in [-0.25, -0.2) is 0 Å². The molecule has 0 heterocycles. The van der Waals surface area contributed by atoms with Crippen molar-refractivity contribution >= 4 is 17.9 Å². The van der Waals surface area contributed by atoms with Crippen molar-refractivity contribution in [2.45, 2.75) is 354 Å². The minimum absolute atomic E-state index is 0.0795. The molecule has 0 bridgehead atoms. The topological polar surface area (TPSA) is 78.9 Å². The highest BCUT2D eigenvalue weighted by Gasteiger charge is 2.19. The summed E-state index contributed by atoms with van der Waals surface area (Å²) in [6.45, 7) is 6.59. The normalized spacial score (nSPS) is 12.4. The summed E-state index contributed by atoms with van der Waals surface area (Å²) in [6.07, 6.45) is 82.5. The van der Waals surface area contributed by atoms with Gasteiger partial charge in [0.25, 0.3) is 0 Å². The van der Waals surface area contributed by atoms with Crippen LogP contribution in [-0.2, 0) is 28.6 Å². The van der Waals surface area contributed by atoms with Crippen LogP contribution < -0.4 is 0 Å². The Labute approximate surface area is 472 Å². The van der Waals surface area contributed by atoms with Gasteiger partial charge >= 0.3 is 17.9 Å². The molecule has 0 aromatic heterocycles. The van der Waals surface area contributed by atoms with Crippen LogP contribution in [0.25, 0.3) is 0 Å². The van der Waals surface area contributed by atoms with Gasteiger partial charge in [-0.3, -0.25) is 14.4 Å². The van der Waals surface area contributed by atoms with Gasteiger partial charge < -0.3 is 14.2 Å². The standard InChI is InChI=1S/C70H126O6/c1-4-7-10-13-16-19-22-24-26-28-29-30-31-32-33-34-35-36-37-38-39-40-41-42-44-45-48-51-54-57-60-63-69(72)75-66-67(65-74-68(71)62-59-56-53-50-47-21-18-15-12-9-6-3)76-70(73)64-61-58-55-52-49-46-43-27-25-23-20-17-14-11-8-5-2/h15,18,20,22-24,27-29,43,67H,4-14,16-17,19,21,25-26,30-42,44-66H2,1-3H3/b18-15-,23-20-,24-22-,29-28-,43-27-. The Hall–Kier alpha value is -2.89. The summed E-state index contributed by atoms with van der Waals surface area (Å²) in [5.41, 5.74) is 0. The van der Waals surface area contributed by atoms with E-state index in [0.29, 0.717) is 19.3 Å². The van der Waals surface area contributed by atoms with E-state index in [1.807, 2.05) is 0 Å². The minimum Gasteiger partial charge on any atom is -0.462 e. The Morgan fingerprint density at radius 3 is 0.789 bits per heavy atom. The first kappa shape index (κ1) is 73.1. The fourth-order valence-electron chi connectivity index (χ4n) is 9.66. The third kappa shape index (κ3) is 62.0. The Kier molecular flexibility index (Phi) is 62.2. The predicted molar refractivity (Wildman–Crippen MR) is 330 cm³/mol. The highest BCUT2D eigenvalue weighted by molar-refractivity contribution is 5.71. The van der Waals surface area contributed by atoms with Gasteiger partial charge in [0.05, 0.1) is 0 Å². The Morgan fingerprint density at radius 1 is 0.263 bits per heavy atom. The van der Waals surface area contributed by atoms with E-state index in [4.69, 9.17) is 14.2 Å². The summed E-state index contributed by atoms with van der Waals surface area (Å²) in [5.74, 6) is -0.887. The van der Waals surface area contributed by atoms with Gasteiger partial charge in [-0.15, -0.1) is 0 Å². The molecule has 0 aromatic carbocycles. The molecule has 76 heavy (non-hydrogen) atoms. The maximum Gasteiger partial charge on any atom is 0.306 e. The maximum absolute atomic E-state index is 12.9. The number of esters is 3. The summed E-state index contributed by atoms with van der Waals surface area (Å²) in [6, 6.07) is 0. The van der Waals surface area contributed by atoms with Crippen LogP contribution >= 0.6 is 0 Å². The molecule has 6 nitrogen and oxygen atoms in total. The molecule has 0 radical (unpaired) electrons. The van der Waals surface area contributed by atoms with E-state index in [-0.39, 0.29) is 31.1 Å². The Morgan fingerprint density at radius 2 is 0.487 bits per heavy atom. The number of hydrogen-bond donors (Lipinski definition) is 0. The van der Waals surface area contributed by atoms with E-state index in [9.17, 15) is 14.4 Å². The first-order valence-electron chi connectivity index (χ1n) is 33.3.